The summed E-state index contributed by atoms with van der Waals surface area (Å²) in [6, 6.07) is 11.1. The van der Waals surface area contributed by atoms with Gasteiger partial charge in [0.2, 0.25) is 0 Å². The molecular formula is C15H14BrF2N. The van der Waals surface area contributed by atoms with Gasteiger partial charge in [-0.1, -0.05) is 40.2 Å². The highest BCUT2D eigenvalue weighted by molar-refractivity contribution is 9.10. The highest BCUT2D eigenvalue weighted by Crippen LogP contribution is 2.27. The predicted octanol–water partition coefficient (Wildman–Crippen LogP) is 4.23. The molecule has 0 saturated carbocycles. The minimum atomic E-state index is -0.295. The SMILES string of the molecule is CNC(Cc1ccccc1F)c1ccc(F)cc1Br. The van der Waals surface area contributed by atoms with E-state index in [0.29, 0.717) is 16.5 Å². The number of benzene rings is 2. The Morgan fingerprint density at radius 2 is 1.89 bits per heavy atom. The molecule has 0 saturated heterocycles. The van der Waals surface area contributed by atoms with Gasteiger partial charge in [-0.25, -0.2) is 8.78 Å². The molecular weight excluding hydrogens is 312 g/mol. The molecule has 0 amide bonds. The summed E-state index contributed by atoms with van der Waals surface area (Å²) < 4.78 is 27.4. The molecule has 1 N–H and O–H groups in total. The Bertz CT molecular complexity index is 572. The molecule has 0 radical (unpaired) electrons. The standard InChI is InChI=1S/C15H14BrF2N/c1-19-15(8-10-4-2-3-5-14(10)18)12-7-6-11(17)9-13(12)16/h2-7,9,15,19H,8H2,1H3. The zero-order valence-electron chi connectivity index (χ0n) is 10.5. The minimum absolute atomic E-state index is 0.0770. The second kappa shape index (κ2) is 6.26. The lowest BCUT2D eigenvalue weighted by Gasteiger charge is -2.18. The van der Waals surface area contributed by atoms with Gasteiger partial charge in [0.05, 0.1) is 0 Å². The normalized spacial score (nSPS) is 12.4. The Balaban J connectivity index is 2.28. The predicted molar refractivity (Wildman–Crippen MR) is 76.0 cm³/mol. The molecule has 0 aliphatic rings. The van der Waals surface area contributed by atoms with Crippen LogP contribution in [0.25, 0.3) is 0 Å². The van der Waals surface area contributed by atoms with E-state index in [-0.39, 0.29) is 17.7 Å². The fraction of sp³-hybridized carbons (Fsp3) is 0.200. The molecule has 0 spiro atoms. The third-order valence-corrected chi connectivity index (χ3v) is 3.76. The number of likely N-dealkylation sites (N-methyl/N-ethyl adjacent to an activating group) is 1. The summed E-state index contributed by atoms with van der Waals surface area (Å²) in [6.07, 6.45) is 0.507. The molecule has 0 aromatic heterocycles. The largest absolute Gasteiger partial charge is 0.313 e. The highest BCUT2D eigenvalue weighted by atomic mass is 79.9. The summed E-state index contributed by atoms with van der Waals surface area (Å²) in [5, 5.41) is 3.14. The van der Waals surface area contributed by atoms with Gasteiger partial charge in [-0.3, -0.25) is 0 Å². The molecule has 0 aliphatic carbocycles. The molecule has 0 heterocycles. The van der Waals surface area contributed by atoms with Crippen LogP contribution < -0.4 is 5.32 Å². The van der Waals surface area contributed by atoms with Crippen LogP contribution in [-0.2, 0) is 6.42 Å². The lowest BCUT2D eigenvalue weighted by Crippen LogP contribution is -2.20. The molecule has 2 rings (SSSR count). The summed E-state index contributed by atoms with van der Waals surface area (Å²) in [7, 11) is 1.81. The Kier molecular flexibility index (Phi) is 4.66. The first-order valence-electron chi connectivity index (χ1n) is 5.97. The van der Waals surface area contributed by atoms with Gasteiger partial charge >= 0.3 is 0 Å². The van der Waals surface area contributed by atoms with Crippen molar-refractivity contribution in [2.75, 3.05) is 7.05 Å². The van der Waals surface area contributed by atoms with Gasteiger partial charge in [0.15, 0.2) is 0 Å². The lowest BCUT2D eigenvalue weighted by atomic mass is 9.98. The Morgan fingerprint density at radius 3 is 2.53 bits per heavy atom. The molecule has 1 unspecified atom stereocenters. The Hall–Kier alpha value is -1.26. The number of hydrogen-bond acceptors (Lipinski definition) is 1. The number of hydrogen-bond donors (Lipinski definition) is 1. The van der Waals surface area contributed by atoms with Gasteiger partial charge in [0.25, 0.3) is 0 Å². The minimum Gasteiger partial charge on any atom is -0.313 e. The van der Waals surface area contributed by atoms with Crippen molar-refractivity contribution in [3.63, 3.8) is 0 Å². The van der Waals surface area contributed by atoms with Crippen molar-refractivity contribution >= 4 is 15.9 Å². The van der Waals surface area contributed by atoms with Crippen LogP contribution in [0.4, 0.5) is 8.78 Å². The van der Waals surface area contributed by atoms with Crippen LogP contribution in [0.15, 0.2) is 46.9 Å². The summed E-state index contributed by atoms with van der Waals surface area (Å²) >= 11 is 3.35. The smallest absolute Gasteiger partial charge is 0.126 e. The van der Waals surface area contributed by atoms with E-state index < -0.39 is 0 Å². The van der Waals surface area contributed by atoms with E-state index in [4.69, 9.17) is 0 Å². The van der Waals surface area contributed by atoms with Gasteiger partial charge in [0, 0.05) is 10.5 Å². The van der Waals surface area contributed by atoms with Crippen molar-refractivity contribution in [1.29, 1.82) is 0 Å². The maximum atomic E-state index is 13.7. The third kappa shape index (κ3) is 3.39. The Labute approximate surface area is 119 Å². The molecule has 1 atom stereocenters. The second-order valence-corrected chi connectivity index (χ2v) is 5.16. The average Bonchev–Trinajstić information content (AvgIpc) is 2.39. The van der Waals surface area contributed by atoms with Gasteiger partial charge < -0.3 is 5.32 Å². The van der Waals surface area contributed by atoms with Crippen molar-refractivity contribution < 1.29 is 8.78 Å². The number of halogens is 3. The van der Waals surface area contributed by atoms with E-state index in [9.17, 15) is 8.78 Å². The average molecular weight is 326 g/mol. The summed E-state index contributed by atoms with van der Waals surface area (Å²) in [4.78, 5) is 0. The zero-order valence-corrected chi connectivity index (χ0v) is 12.0. The number of nitrogens with one attached hydrogen (secondary N) is 1. The molecule has 2 aromatic carbocycles. The molecule has 0 aliphatic heterocycles. The van der Waals surface area contributed by atoms with E-state index in [1.807, 2.05) is 6.07 Å². The van der Waals surface area contributed by atoms with Crippen LogP contribution in [0.5, 0.6) is 0 Å². The molecule has 4 heteroatoms. The van der Waals surface area contributed by atoms with Gasteiger partial charge in [-0.15, -0.1) is 0 Å². The van der Waals surface area contributed by atoms with Crippen LogP contribution in [-0.4, -0.2) is 7.05 Å². The summed E-state index contributed by atoms with van der Waals surface area (Å²) in [5.74, 6) is -0.516. The van der Waals surface area contributed by atoms with Gasteiger partial charge in [0.1, 0.15) is 11.6 Å². The topological polar surface area (TPSA) is 12.0 Å². The van der Waals surface area contributed by atoms with Crippen molar-refractivity contribution in [1.82, 2.24) is 5.32 Å². The first-order chi connectivity index (χ1) is 9.11. The first-order valence-corrected chi connectivity index (χ1v) is 6.76. The maximum absolute atomic E-state index is 13.7. The second-order valence-electron chi connectivity index (χ2n) is 4.30. The molecule has 1 nitrogen and oxygen atoms in total. The molecule has 0 bridgehead atoms. The highest BCUT2D eigenvalue weighted by Gasteiger charge is 2.15. The van der Waals surface area contributed by atoms with Gasteiger partial charge in [-0.2, -0.15) is 0 Å². The van der Waals surface area contributed by atoms with Crippen LogP contribution in [0.1, 0.15) is 17.2 Å². The number of rotatable bonds is 4. The molecule has 0 fully saturated rings. The quantitative estimate of drug-likeness (QED) is 0.887. The van der Waals surface area contributed by atoms with E-state index >= 15 is 0 Å². The maximum Gasteiger partial charge on any atom is 0.126 e. The van der Waals surface area contributed by atoms with Crippen LogP contribution in [0.2, 0.25) is 0 Å². The molecule has 2 aromatic rings. The Morgan fingerprint density at radius 1 is 1.16 bits per heavy atom. The van der Waals surface area contributed by atoms with E-state index in [1.165, 1.54) is 18.2 Å². The van der Waals surface area contributed by atoms with Crippen molar-refractivity contribution in [2.45, 2.75) is 12.5 Å². The molecule has 100 valence electrons. The monoisotopic (exact) mass is 325 g/mol. The fourth-order valence-electron chi connectivity index (χ4n) is 2.04. The molecule has 19 heavy (non-hydrogen) atoms. The van der Waals surface area contributed by atoms with Crippen LogP contribution >= 0.6 is 15.9 Å². The fourth-order valence-corrected chi connectivity index (χ4v) is 2.66. The van der Waals surface area contributed by atoms with Crippen molar-refractivity contribution in [3.05, 3.63) is 69.7 Å². The van der Waals surface area contributed by atoms with Crippen molar-refractivity contribution in [2.24, 2.45) is 0 Å². The zero-order chi connectivity index (χ0) is 13.8. The van der Waals surface area contributed by atoms with Crippen LogP contribution in [0.3, 0.4) is 0 Å². The lowest BCUT2D eigenvalue weighted by molar-refractivity contribution is 0.551. The van der Waals surface area contributed by atoms with Crippen molar-refractivity contribution in [3.8, 4) is 0 Å². The van der Waals surface area contributed by atoms with Crippen LogP contribution in [0, 0.1) is 11.6 Å². The van der Waals surface area contributed by atoms with E-state index in [1.54, 1.807) is 25.2 Å². The van der Waals surface area contributed by atoms with Gasteiger partial charge in [-0.05, 0) is 42.8 Å². The van der Waals surface area contributed by atoms with E-state index in [0.717, 1.165) is 5.56 Å². The first kappa shape index (κ1) is 14.2. The summed E-state index contributed by atoms with van der Waals surface area (Å²) in [6.45, 7) is 0. The summed E-state index contributed by atoms with van der Waals surface area (Å²) in [5.41, 5.74) is 1.55. The van der Waals surface area contributed by atoms with E-state index in [2.05, 4.69) is 21.2 Å². The third-order valence-electron chi connectivity index (χ3n) is 3.07.